The van der Waals surface area contributed by atoms with Gasteiger partial charge in [-0.3, -0.25) is 0 Å². The molecule has 1 aromatic rings. The van der Waals surface area contributed by atoms with Gasteiger partial charge < -0.3 is 20.7 Å². The van der Waals surface area contributed by atoms with Crippen LogP contribution in [0.1, 0.15) is 29.5 Å². The molecule has 2 rings (SSSR count). The summed E-state index contributed by atoms with van der Waals surface area (Å²) < 4.78 is 0. The summed E-state index contributed by atoms with van der Waals surface area (Å²) in [6.07, 6.45) is 1.14. The molecule has 1 fully saturated rings. The van der Waals surface area contributed by atoms with Crippen LogP contribution in [0.3, 0.4) is 0 Å². The summed E-state index contributed by atoms with van der Waals surface area (Å²) in [5.74, 6) is 0.145. The fourth-order valence-electron chi connectivity index (χ4n) is 1.93. The number of hydrogen-bond donors (Lipinski definition) is 4. The third-order valence-corrected chi connectivity index (χ3v) is 3.22. The van der Waals surface area contributed by atoms with Crippen molar-refractivity contribution in [2.45, 2.75) is 20.3 Å². The smallest absolute Gasteiger partial charge is 0.354 e. The first-order valence-electron chi connectivity index (χ1n) is 5.95. The Balaban J connectivity index is 1.91. The number of rotatable bonds is 4. The Kier molecular flexibility index (Phi) is 3.27. The molecule has 0 spiro atoms. The molecule has 4 N–H and O–H groups in total. The van der Waals surface area contributed by atoms with Gasteiger partial charge in [-0.05, 0) is 31.2 Å². The highest BCUT2D eigenvalue weighted by Gasteiger charge is 2.32. The molecule has 2 atom stereocenters. The highest BCUT2D eigenvalue weighted by atomic mass is 16.4. The minimum atomic E-state index is -1.09. The van der Waals surface area contributed by atoms with Gasteiger partial charge in [0.05, 0.1) is 5.69 Å². The molecule has 1 aliphatic carbocycles. The Morgan fingerprint density at radius 1 is 1.56 bits per heavy atom. The van der Waals surface area contributed by atoms with Crippen molar-refractivity contribution >= 4 is 17.7 Å². The van der Waals surface area contributed by atoms with Crippen molar-refractivity contribution in [3.8, 4) is 0 Å². The fraction of sp³-hybridized carbons (Fsp3) is 0.500. The number of anilines is 1. The maximum absolute atomic E-state index is 11.6. The maximum Gasteiger partial charge on any atom is 0.354 e. The third-order valence-electron chi connectivity index (χ3n) is 3.22. The van der Waals surface area contributed by atoms with Crippen LogP contribution < -0.4 is 10.6 Å². The van der Waals surface area contributed by atoms with Crippen molar-refractivity contribution in [1.29, 1.82) is 0 Å². The summed E-state index contributed by atoms with van der Waals surface area (Å²) in [5, 5.41) is 14.2. The van der Waals surface area contributed by atoms with E-state index < -0.39 is 5.97 Å². The van der Waals surface area contributed by atoms with Crippen LogP contribution in [0.2, 0.25) is 0 Å². The van der Waals surface area contributed by atoms with Crippen molar-refractivity contribution in [3.05, 3.63) is 17.5 Å². The van der Waals surface area contributed by atoms with Gasteiger partial charge in [-0.1, -0.05) is 6.92 Å². The van der Waals surface area contributed by atoms with E-state index in [1.165, 1.54) is 0 Å². The minimum Gasteiger partial charge on any atom is -0.477 e. The fourth-order valence-corrected chi connectivity index (χ4v) is 1.93. The number of carboxylic acids is 1. The van der Waals surface area contributed by atoms with Gasteiger partial charge in [0.1, 0.15) is 5.69 Å². The number of nitrogens with one attached hydrogen (secondary N) is 3. The molecule has 6 heteroatoms. The summed E-state index contributed by atoms with van der Waals surface area (Å²) in [7, 11) is 0. The molecule has 0 aliphatic heterocycles. The predicted octanol–water partition coefficient (Wildman–Crippen LogP) is 1.80. The van der Waals surface area contributed by atoms with Gasteiger partial charge >= 0.3 is 12.0 Å². The number of carbonyl (C=O) groups is 2. The lowest BCUT2D eigenvalue weighted by molar-refractivity contribution is 0.0692. The summed E-state index contributed by atoms with van der Waals surface area (Å²) in [4.78, 5) is 25.2. The van der Waals surface area contributed by atoms with Gasteiger partial charge in [0.15, 0.2) is 0 Å². The third kappa shape index (κ3) is 2.82. The van der Waals surface area contributed by atoms with Gasteiger partial charge in [-0.2, -0.15) is 0 Å². The van der Waals surface area contributed by atoms with Crippen LogP contribution in [0.15, 0.2) is 6.07 Å². The van der Waals surface area contributed by atoms with Crippen molar-refractivity contribution in [3.63, 3.8) is 0 Å². The van der Waals surface area contributed by atoms with Gasteiger partial charge in [0, 0.05) is 12.2 Å². The van der Waals surface area contributed by atoms with Crippen molar-refractivity contribution in [2.75, 3.05) is 11.9 Å². The molecule has 1 heterocycles. The zero-order chi connectivity index (χ0) is 13.3. The highest BCUT2D eigenvalue weighted by Crippen LogP contribution is 2.36. The van der Waals surface area contributed by atoms with E-state index in [-0.39, 0.29) is 11.7 Å². The van der Waals surface area contributed by atoms with E-state index >= 15 is 0 Å². The Labute approximate surface area is 105 Å². The predicted molar refractivity (Wildman–Crippen MR) is 66.8 cm³/mol. The Morgan fingerprint density at radius 2 is 2.22 bits per heavy atom. The minimum absolute atomic E-state index is 0.00226. The molecule has 2 unspecified atom stereocenters. The van der Waals surface area contributed by atoms with Crippen molar-refractivity contribution in [1.82, 2.24) is 10.3 Å². The van der Waals surface area contributed by atoms with Crippen molar-refractivity contribution < 1.29 is 14.7 Å². The lowest BCUT2D eigenvalue weighted by Crippen LogP contribution is -2.31. The first-order valence-corrected chi connectivity index (χ1v) is 5.95. The van der Waals surface area contributed by atoms with Gasteiger partial charge in [0.25, 0.3) is 0 Å². The van der Waals surface area contributed by atoms with Crippen LogP contribution in [-0.2, 0) is 0 Å². The first kappa shape index (κ1) is 12.5. The number of H-pyrrole nitrogens is 1. The number of aromatic nitrogens is 1. The SMILES string of the molecule is Cc1cc(NC(=O)NCC2CC2C)c(C(=O)O)[nH]1. The zero-order valence-electron chi connectivity index (χ0n) is 10.4. The van der Waals surface area contributed by atoms with E-state index in [0.717, 1.165) is 6.42 Å². The number of urea groups is 1. The normalized spacial score (nSPS) is 21.4. The van der Waals surface area contributed by atoms with E-state index in [0.29, 0.717) is 29.8 Å². The number of hydrogen-bond acceptors (Lipinski definition) is 2. The van der Waals surface area contributed by atoms with E-state index in [1.54, 1.807) is 13.0 Å². The average molecular weight is 251 g/mol. The molecule has 2 amide bonds. The van der Waals surface area contributed by atoms with Crippen LogP contribution in [0, 0.1) is 18.8 Å². The molecule has 98 valence electrons. The van der Waals surface area contributed by atoms with E-state index in [1.807, 2.05) is 0 Å². The van der Waals surface area contributed by atoms with Crippen LogP contribution in [-0.4, -0.2) is 28.6 Å². The number of carbonyl (C=O) groups excluding carboxylic acids is 1. The average Bonchev–Trinajstić information content (AvgIpc) is 2.86. The molecular weight excluding hydrogens is 234 g/mol. The summed E-state index contributed by atoms with van der Waals surface area (Å²) in [5.41, 5.74) is 0.988. The van der Waals surface area contributed by atoms with E-state index in [2.05, 4.69) is 22.5 Å². The molecule has 0 radical (unpaired) electrons. The largest absolute Gasteiger partial charge is 0.477 e. The quantitative estimate of drug-likeness (QED) is 0.657. The molecule has 1 saturated carbocycles. The second kappa shape index (κ2) is 4.72. The first-order chi connectivity index (χ1) is 8.47. The number of carboxylic acid groups (broad SMARTS) is 1. The number of amides is 2. The molecule has 1 aromatic heterocycles. The monoisotopic (exact) mass is 251 g/mol. The van der Waals surface area contributed by atoms with Crippen LogP contribution in [0.5, 0.6) is 0 Å². The second-order valence-electron chi connectivity index (χ2n) is 4.85. The topological polar surface area (TPSA) is 94.2 Å². The highest BCUT2D eigenvalue weighted by molar-refractivity contribution is 5.99. The molecule has 0 saturated heterocycles. The molecule has 0 aromatic carbocycles. The molecule has 18 heavy (non-hydrogen) atoms. The lowest BCUT2D eigenvalue weighted by atomic mass is 10.3. The summed E-state index contributed by atoms with van der Waals surface area (Å²) >= 11 is 0. The van der Waals surface area contributed by atoms with Crippen molar-refractivity contribution in [2.24, 2.45) is 11.8 Å². The van der Waals surface area contributed by atoms with Crippen LogP contribution in [0.25, 0.3) is 0 Å². The van der Waals surface area contributed by atoms with Gasteiger partial charge in [0.2, 0.25) is 0 Å². The summed E-state index contributed by atoms with van der Waals surface area (Å²) in [6, 6.07) is 1.23. The standard InChI is InChI=1S/C12H17N3O3/c1-6-3-8(6)5-13-12(18)15-9-4-7(2)14-10(9)11(16)17/h4,6,8,14H,3,5H2,1-2H3,(H,16,17)(H2,13,15,18). The summed E-state index contributed by atoms with van der Waals surface area (Å²) in [6.45, 7) is 4.52. The van der Waals surface area contributed by atoms with Crippen LogP contribution >= 0.6 is 0 Å². The van der Waals surface area contributed by atoms with E-state index in [4.69, 9.17) is 5.11 Å². The number of aromatic carboxylic acids is 1. The zero-order valence-corrected chi connectivity index (χ0v) is 10.4. The Hall–Kier alpha value is -1.98. The molecular formula is C12H17N3O3. The Bertz CT molecular complexity index is 481. The van der Waals surface area contributed by atoms with Gasteiger partial charge in [-0.15, -0.1) is 0 Å². The number of aryl methyl sites for hydroxylation is 1. The second-order valence-corrected chi connectivity index (χ2v) is 4.85. The maximum atomic E-state index is 11.6. The number of aromatic amines is 1. The molecule has 6 nitrogen and oxygen atoms in total. The van der Waals surface area contributed by atoms with Gasteiger partial charge in [-0.25, -0.2) is 9.59 Å². The molecule has 0 bridgehead atoms. The van der Waals surface area contributed by atoms with E-state index in [9.17, 15) is 9.59 Å². The Morgan fingerprint density at radius 3 is 2.78 bits per heavy atom. The lowest BCUT2D eigenvalue weighted by Gasteiger charge is -2.06. The van der Waals surface area contributed by atoms with Crippen LogP contribution in [0.4, 0.5) is 10.5 Å². The molecule has 1 aliphatic rings.